The average molecular weight is 164 g/mol. The van der Waals surface area contributed by atoms with Crippen LogP contribution < -0.4 is 0 Å². The van der Waals surface area contributed by atoms with Crippen molar-refractivity contribution in [2.75, 3.05) is 0 Å². The molecule has 62 valence electrons. The van der Waals surface area contributed by atoms with Gasteiger partial charge in [-0.05, 0) is 18.8 Å². The lowest BCUT2D eigenvalue weighted by Crippen LogP contribution is -2.24. The lowest BCUT2D eigenvalue weighted by atomic mass is 9.92. The molecule has 0 saturated heterocycles. The molecule has 0 aliphatic heterocycles. The molecular weight excluding hydrogens is 146 g/mol. The normalized spacial score (nSPS) is 20.7. The maximum atomic E-state index is 12.7. The van der Waals surface area contributed by atoms with Gasteiger partial charge in [0.15, 0.2) is 0 Å². The molecule has 0 aromatic heterocycles. The van der Waals surface area contributed by atoms with Crippen molar-refractivity contribution in [3.05, 3.63) is 0 Å². The molecule has 0 fully saturated rings. The Balaban J connectivity index is 3.81. The second-order valence-corrected chi connectivity index (χ2v) is 4.13. The molecule has 0 heterocycles. The van der Waals surface area contributed by atoms with E-state index in [0.717, 1.165) is 0 Å². The van der Waals surface area contributed by atoms with Gasteiger partial charge in [0.2, 0.25) is 0 Å². The second-order valence-electron chi connectivity index (χ2n) is 3.36. The summed E-state index contributed by atoms with van der Waals surface area (Å²) in [4.78, 5) is 0. The Hall–Kier alpha value is 0.360. The van der Waals surface area contributed by atoms with Gasteiger partial charge in [0.05, 0.1) is 0 Å². The molecule has 0 spiro atoms. The fourth-order valence-corrected chi connectivity index (χ4v) is 1.31. The molecule has 0 bridgehead atoms. The quantitative estimate of drug-likeness (QED) is 0.562. The van der Waals surface area contributed by atoms with Crippen molar-refractivity contribution in [2.45, 2.75) is 39.5 Å². The van der Waals surface area contributed by atoms with E-state index in [9.17, 15) is 4.39 Å². The van der Waals surface area contributed by atoms with Gasteiger partial charge >= 0.3 is 0 Å². The van der Waals surface area contributed by atoms with E-state index < -0.39 is 6.17 Å². The van der Waals surface area contributed by atoms with Gasteiger partial charge in [-0.15, -0.1) is 9.24 Å². The summed E-state index contributed by atoms with van der Waals surface area (Å²) in [7, 11) is 2.58. The summed E-state index contributed by atoms with van der Waals surface area (Å²) >= 11 is 0. The van der Waals surface area contributed by atoms with E-state index in [1.54, 1.807) is 6.92 Å². The van der Waals surface area contributed by atoms with Gasteiger partial charge < -0.3 is 0 Å². The highest BCUT2D eigenvalue weighted by Crippen LogP contribution is 2.25. The number of rotatable bonds is 3. The van der Waals surface area contributed by atoms with Crippen molar-refractivity contribution in [1.82, 2.24) is 0 Å². The Kier molecular flexibility index (Phi) is 4.44. The van der Waals surface area contributed by atoms with Crippen LogP contribution in [-0.2, 0) is 0 Å². The fraction of sp³-hybridized carbons (Fsp3) is 1.00. The van der Waals surface area contributed by atoms with Crippen LogP contribution in [0.3, 0.4) is 0 Å². The second kappa shape index (κ2) is 4.28. The van der Waals surface area contributed by atoms with Gasteiger partial charge in [0.25, 0.3) is 0 Å². The molecule has 0 aromatic carbocycles. The molecule has 0 N–H and O–H groups in total. The summed E-state index contributed by atoms with van der Waals surface area (Å²) < 4.78 is 12.7. The summed E-state index contributed by atoms with van der Waals surface area (Å²) in [6, 6.07) is 0. The van der Waals surface area contributed by atoms with Crippen LogP contribution in [0.25, 0.3) is 0 Å². The standard InChI is InChI=1S/C8H18FP/c1-5(2)6(3)8(10)7(4)9/h5-8H,10H2,1-4H3. The third-order valence-corrected chi connectivity index (χ3v) is 3.33. The van der Waals surface area contributed by atoms with E-state index in [0.29, 0.717) is 11.8 Å². The number of hydrogen-bond donors (Lipinski definition) is 0. The monoisotopic (exact) mass is 164 g/mol. The zero-order valence-electron chi connectivity index (χ0n) is 7.26. The lowest BCUT2D eigenvalue weighted by molar-refractivity contribution is 0.273. The first kappa shape index (κ1) is 10.4. The predicted octanol–water partition coefficient (Wildman–Crippen LogP) is 2.88. The van der Waals surface area contributed by atoms with E-state index >= 15 is 0 Å². The minimum atomic E-state index is -0.706. The molecule has 0 aliphatic rings. The van der Waals surface area contributed by atoms with Gasteiger partial charge in [-0.2, -0.15) is 0 Å². The molecule has 10 heavy (non-hydrogen) atoms. The van der Waals surface area contributed by atoms with Gasteiger partial charge in [0.1, 0.15) is 6.17 Å². The zero-order valence-corrected chi connectivity index (χ0v) is 8.42. The lowest BCUT2D eigenvalue weighted by Gasteiger charge is -2.23. The Morgan fingerprint density at radius 2 is 1.50 bits per heavy atom. The number of alkyl halides is 1. The minimum absolute atomic E-state index is 0.111. The number of halogens is 1. The summed E-state index contributed by atoms with van der Waals surface area (Å²) in [5.41, 5.74) is 0.111. The van der Waals surface area contributed by atoms with Crippen LogP contribution in [-0.4, -0.2) is 11.8 Å². The van der Waals surface area contributed by atoms with Crippen molar-refractivity contribution in [3.8, 4) is 0 Å². The van der Waals surface area contributed by atoms with Gasteiger partial charge in [-0.25, -0.2) is 4.39 Å². The highest BCUT2D eigenvalue weighted by molar-refractivity contribution is 7.17. The van der Waals surface area contributed by atoms with Crippen LogP contribution in [0.1, 0.15) is 27.7 Å². The smallest absolute Gasteiger partial charge is 0.104 e. The first-order valence-electron chi connectivity index (χ1n) is 3.86. The Bertz CT molecular complexity index is 79.3. The molecule has 0 nitrogen and oxygen atoms in total. The van der Waals surface area contributed by atoms with Gasteiger partial charge in [-0.3, -0.25) is 0 Å². The first-order chi connectivity index (χ1) is 4.46. The Labute approximate surface area is 65.8 Å². The molecule has 0 aliphatic carbocycles. The van der Waals surface area contributed by atoms with E-state index in [2.05, 4.69) is 30.0 Å². The minimum Gasteiger partial charge on any atom is -0.247 e. The van der Waals surface area contributed by atoms with E-state index in [1.807, 2.05) is 0 Å². The van der Waals surface area contributed by atoms with Crippen molar-refractivity contribution in [1.29, 1.82) is 0 Å². The first-order valence-corrected chi connectivity index (χ1v) is 4.53. The van der Waals surface area contributed by atoms with Crippen molar-refractivity contribution in [2.24, 2.45) is 11.8 Å². The largest absolute Gasteiger partial charge is 0.247 e. The predicted molar refractivity (Wildman–Crippen MR) is 48.1 cm³/mol. The maximum absolute atomic E-state index is 12.7. The van der Waals surface area contributed by atoms with Crippen molar-refractivity contribution in [3.63, 3.8) is 0 Å². The van der Waals surface area contributed by atoms with Crippen LogP contribution in [0.4, 0.5) is 4.39 Å². The third kappa shape index (κ3) is 2.96. The van der Waals surface area contributed by atoms with Crippen molar-refractivity contribution >= 4 is 9.24 Å². The van der Waals surface area contributed by atoms with Crippen LogP contribution in [0, 0.1) is 11.8 Å². The topological polar surface area (TPSA) is 0 Å². The summed E-state index contributed by atoms with van der Waals surface area (Å²) in [6.07, 6.45) is -0.706. The molecule has 2 heteroatoms. The third-order valence-electron chi connectivity index (χ3n) is 2.19. The van der Waals surface area contributed by atoms with Crippen LogP contribution in [0.2, 0.25) is 0 Å². The molecule has 0 saturated carbocycles. The zero-order chi connectivity index (χ0) is 8.31. The Morgan fingerprint density at radius 1 is 1.10 bits per heavy atom. The van der Waals surface area contributed by atoms with Crippen molar-refractivity contribution < 1.29 is 4.39 Å². The molecule has 4 unspecified atom stereocenters. The van der Waals surface area contributed by atoms with E-state index in [1.165, 1.54) is 0 Å². The number of hydrogen-bond acceptors (Lipinski definition) is 0. The molecule has 0 radical (unpaired) electrons. The molecular formula is C8H18FP. The molecule has 0 rings (SSSR count). The van der Waals surface area contributed by atoms with E-state index in [-0.39, 0.29) is 5.66 Å². The Morgan fingerprint density at radius 3 is 1.60 bits per heavy atom. The fourth-order valence-electron chi connectivity index (χ4n) is 0.863. The van der Waals surface area contributed by atoms with Gasteiger partial charge in [-0.1, -0.05) is 20.8 Å². The highest BCUT2D eigenvalue weighted by atomic mass is 31.0. The summed E-state index contributed by atoms with van der Waals surface area (Å²) in [6.45, 7) is 7.98. The molecule has 4 atom stereocenters. The summed E-state index contributed by atoms with van der Waals surface area (Å²) in [5, 5.41) is 0. The molecule has 0 amide bonds. The van der Waals surface area contributed by atoms with Crippen LogP contribution in [0.15, 0.2) is 0 Å². The van der Waals surface area contributed by atoms with E-state index in [4.69, 9.17) is 0 Å². The van der Waals surface area contributed by atoms with Crippen LogP contribution >= 0.6 is 9.24 Å². The van der Waals surface area contributed by atoms with Gasteiger partial charge in [0, 0.05) is 5.66 Å². The highest BCUT2D eigenvalue weighted by Gasteiger charge is 2.20. The molecule has 0 aromatic rings. The summed E-state index contributed by atoms with van der Waals surface area (Å²) in [5.74, 6) is 1.02. The average Bonchev–Trinajstić information content (AvgIpc) is 1.84. The SMILES string of the molecule is CC(C)C(C)C(P)C(C)F. The maximum Gasteiger partial charge on any atom is 0.104 e. The van der Waals surface area contributed by atoms with Crippen LogP contribution in [0.5, 0.6) is 0 Å².